The number of rotatable bonds is 6. The third-order valence-electron chi connectivity index (χ3n) is 4.82. The van der Waals surface area contributed by atoms with Gasteiger partial charge in [0.15, 0.2) is 22.7 Å². The summed E-state index contributed by atoms with van der Waals surface area (Å²) in [5.74, 6) is 2.03. The Bertz CT molecular complexity index is 1170. The molecule has 0 bridgehead atoms. The van der Waals surface area contributed by atoms with Gasteiger partial charge in [0.05, 0.1) is 14.2 Å². The third kappa shape index (κ3) is 3.33. The molecule has 0 saturated heterocycles. The fourth-order valence-corrected chi connectivity index (χ4v) is 3.16. The number of allylic oxidation sites excluding steroid dienone is 1. The lowest BCUT2D eigenvalue weighted by Crippen LogP contribution is -2.37. The SMILES string of the molecule is COc1ccc(CC/C=C/c2nc3c(c(=O)n(C)c(=O)n3C)n2C)cc1OC. The van der Waals surface area contributed by atoms with Crippen LogP contribution in [0.15, 0.2) is 33.9 Å². The quantitative estimate of drug-likeness (QED) is 0.645. The van der Waals surface area contributed by atoms with E-state index in [1.165, 1.54) is 11.6 Å². The van der Waals surface area contributed by atoms with Gasteiger partial charge in [0.25, 0.3) is 5.56 Å². The molecule has 3 aromatic rings. The first-order valence-corrected chi connectivity index (χ1v) is 8.89. The standard InChI is InChI=1S/C20H24N4O4/c1-22-16(21-18-17(22)19(25)24(3)20(26)23(18)2)9-7-6-8-13-10-11-14(27-4)15(12-13)28-5/h7,9-12H,6,8H2,1-5H3/b9-7+. The zero-order valence-electron chi connectivity index (χ0n) is 16.7. The van der Waals surface area contributed by atoms with Crippen LogP contribution in [-0.2, 0) is 27.6 Å². The molecule has 0 saturated carbocycles. The van der Waals surface area contributed by atoms with Crippen LogP contribution in [0, 0.1) is 0 Å². The molecular formula is C20H24N4O4. The Balaban J connectivity index is 1.82. The van der Waals surface area contributed by atoms with Gasteiger partial charge in [0.1, 0.15) is 5.82 Å². The predicted molar refractivity (Wildman–Crippen MR) is 108 cm³/mol. The number of nitrogens with zero attached hydrogens (tertiary/aromatic N) is 4. The normalized spacial score (nSPS) is 11.5. The molecule has 1 aromatic carbocycles. The fourth-order valence-electron chi connectivity index (χ4n) is 3.16. The van der Waals surface area contributed by atoms with E-state index in [0.29, 0.717) is 28.5 Å². The molecule has 8 heteroatoms. The maximum atomic E-state index is 12.4. The molecular weight excluding hydrogens is 360 g/mol. The molecule has 2 aromatic heterocycles. The molecule has 0 aliphatic rings. The second kappa shape index (κ2) is 7.75. The van der Waals surface area contributed by atoms with Crippen LogP contribution in [0.2, 0.25) is 0 Å². The van der Waals surface area contributed by atoms with E-state index in [1.807, 2.05) is 30.4 Å². The van der Waals surface area contributed by atoms with Gasteiger partial charge in [-0.25, -0.2) is 9.78 Å². The average molecular weight is 384 g/mol. The molecule has 0 spiro atoms. The summed E-state index contributed by atoms with van der Waals surface area (Å²) >= 11 is 0. The Morgan fingerprint density at radius 3 is 2.39 bits per heavy atom. The van der Waals surface area contributed by atoms with E-state index in [2.05, 4.69) is 4.98 Å². The molecule has 3 rings (SSSR count). The number of benzene rings is 1. The number of ether oxygens (including phenoxy) is 2. The Morgan fingerprint density at radius 2 is 1.71 bits per heavy atom. The molecule has 0 radical (unpaired) electrons. The summed E-state index contributed by atoms with van der Waals surface area (Å²) in [6.07, 6.45) is 5.47. The minimum absolute atomic E-state index is 0.349. The highest BCUT2D eigenvalue weighted by Gasteiger charge is 2.15. The van der Waals surface area contributed by atoms with Crippen molar-refractivity contribution in [2.45, 2.75) is 12.8 Å². The third-order valence-corrected chi connectivity index (χ3v) is 4.82. The van der Waals surface area contributed by atoms with Crippen LogP contribution in [0.1, 0.15) is 17.8 Å². The molecule has 8 nitrogen and oxygen atoms in total. The van der Waals surface area contributed by atoms with E-state index in [4.69, 9.17) is 9.47 Å². The van der Waals surface area contributed by atoms with Gasteiger partial charge in [-0.1, -0.05) is 12.1 Å². The summed E-state index contributed by atoms with van der Waals surface area (Å²) < 4.78 is 14.8. The molecule has 0 aliphatic heterocycles. The first-order chi connectivity index (χ1) is 13.4. The summed E-state index contributed by atoms with van der Waals surface area (Å²) in [5, 5.41) is 0. The van der Waals surface area contributed by atoms with Crippen LogP contribution in [0.25, 0.3) is 17.2 Å². The summed E-state index contributed by atoms with van der Waals surface area (Å²) in [5.41, 5.74) is 1.18. The lowest BCUT2D eigenvalue weighted by atomic mass is 10.1. The minimum atomic E-state index is -0.389. The van der Waals surface area contributed by atoms with Crippen molar-refractivity contribution in [2.24, 2.45) is 21.1 Å². The van der Waals surface area contributed by atoms with E-state index in [1.54, 1.807) is 32.9 Å². The predicted octanol–water partition coefficient (Wildman–Crippen LogP) is 1.63. The minimum Gasteiger partial charge on any atom is -0.493 e. The van der Waals surface area contributed by atoms with Crippen molar-refractivity contribution in [3.63, 3.8) is 0 Å². The molecule has 2 heterocycles. The maximum absolute atomic E-state index is 12.4. The number of methoxy groups -OCH3 is 2. The monoisotopic (exact) mass is 384 g/mol. The van der Waals surface area contributed by atoms with Crippen molar-refractivity contribution in [1.29, 1.82) is 0 Å². The van der Waals surface area contributed by atoms with E-state index in [0.717, 1.165) is 23.0 Å². The first kappa shape index (κ1) is 19.5. The maximum Gasteiger partial charge on any atom is 0.332 e. The van der Waals surface area contributed by atoms with Gasteiger partial charge in [-0.05, 0) is 36.6 Å². The summed E-state index contributed by atoms with van der Waals surface area (Å²) in [6, 6.07) is 5.85. The van der Waals surface area contributed by atoms with Crippen molar-refractivity contribution in [2.75, 3.05) is 14.2 Å². The van der Waals surface area contributed by atoms with Gasteiger partial charge >= 0.3 is 5.69 Å². The Kier molecular flexibility index (Phi) is 5.39. The smallest absolute Gasteiger partial charge is 0.332 e. The molecule has 0 atom stereocenters. The molecule has 0 N–H and O–H groups in total. The van der Waals surface area contributed by atoms with Crippen molar-refractivity contribution in [1.82, 2.24) is 18.7 Å². The van der Waals surface area contributed by atoms with E-state index >= 15 is 0 Å². The topological polar surface area (TPSA) is 80.3 Å². The van der Waals surface area contributed by atoms with Gasteiger partial charge in [0, 0.05) is 21.1 Å². The van der Waals surface area contributed by atoms with Gasteiger partial charge in [0.2, 0.25) is 0 Å². The van der Waals surface area contributed by atoms with Crippen LogP contribution in [0.5, 0.6) is 11.5 Å². The molecule has 0 unspecified atom stereocenters. The molecule has 0 fully saturated rings. The number of aromatic nitrogens is 4. The summed E-state index contributed by atoms with van der Waals surface area (Å²) in [4.78, 5) is 28.9. The Labute approximate surface area is 162 Å². The zero-order valence-corrected chi connectivity index (χ0v) is 16.7. The van der Waals surface area contributed by atoms with E-state index in [-0.39, 0.29) is 11.2 Å². The highest BCUT2D eigenvalue weighted by molar-refractivity contribution is 5.73. The number of imidazole rings is 1. The second-order valence-corrected chi connectivity index (χ2v) is 6.54. The van der Waals surface area contributed by atoms with Crippen molar-refractivity contribution < 1.29 is 9.47 Å². The Hall–Kier alpha value is -3.29. The Morgan fingerprint density at radius 1 is 1.00 bits per heavy atom. The van der Waals surface area contributed by atoms with Crippen LogP contribution >= 0.6 is 0 Å². The molecule has 0 aliphatic carbocycles. The molecule has 148 valence electrons. The van der Waals surface area contributed by atoms with Crippen LogP contribution in [-0.4, -0.2) is 32.9 Å². The van der Waals surface area contributed by atoms with E-state index < -0.39 is 0 Å². The fraction of sp³-hybridized carbons (Fsp3) is 0.350. The van der Waals surface area contributed by atoms with Gasteiger partial charge in [-0.3, -0.25) is 13.9 Å². The number of fused-ring (bicyclic) bond motifs is 1. The zero-order chi connectivity index (χ0) is 20.4. The first-order valence-electron chi connectivity index (χ1n) is 8.89. The lowest BCUT2D eigenvalue weighted by molar-refractivity contribution is 0.354. The van der Waals surface area contributed by atoms with Crippen molar-refractivity contribution in [3.8, 4) is 11.5 Å². The van der Waals surface area contributed by atoms with Crippen LogP contribution in [0.3, 0.4) is 0 Å². The van der Waals surface area contributed by atoms with Crippen LogP contribution in [0.4, 0.5) is 0 Å². The summed E-state index contributed by atoms with van der Waals surface area (Å²) in [6.45, 7) is 0. The van der Waals surface area contributed by atoms with Crippen molar-refractivity contribution in [3.05, 3.63) is 56.5 Å². The number of hydrogen-bond acceptors (Lipinski definition) is 5. The highest BCUT2D eigenvalue weighted by atomic mass is 16.5. The van der Waals surface area contributed by atoms with Crippen molar-refractivity contribution >= 4 is 17.2 Å². The van der Waals surface area contributed by atoms with Gasteiger partial charge in [-0.2, -0.15) is 0 Å². The van der Waals surface area contributed by atoms with Gasteiger partial charge in [-0.15, -0.1) is 0 Å². The summed E-state index contributed by atoms with van der Waals surface area (Å²) in [7, 11) is 8.08. The number of hydrogen-bond donors (Lipinski definition) is 0. The lowest BCUT2D eigenvalue weighted by Gasteiger charge is -2.08. The second-order valence-electron chi connectivity index (χ2n) is 6.54. The largest absolute Gasteiger partial charge is 0.493 e. The van der Waals surface area contributed by atoms with Gasteiger partial charge < -0.3 is 14.0 Å². The molecule has 28 heavy (non-hydrogen) atoms. The molecule has 0 amide bonds. The highest BCUT2D eigenvalue weighted by Crippen LogP contribution is 2.28. The average Bonchev–Trinajstić information content (AvgIpc) is 3.04. The van der Waals surface area contributed by atoms with E-state index in [9.17, 15) is 9.59 Å². The number of aryl methyl sites for hydroxylation is 3. The van der Waals surface area contributed by atoms with Crippen LogP contribution < -0.4 is 20.7 Å².